The topological polar surface area (TPSA) is 116 Å². The molecule has 1 aromatic rings. The summed E-state index contributed by atoms with van der Waals surface area (Å²) in [6, 6.07) is 11.9. The maximum Gasteiger partial charge on any atom is 0.413 e. The molecule has 2 amide bonds. The summed E-state index contributed by atoms with van der Waals surface area (Å²) < 4.78 is 10.4. The number of ether oxygens (including phenoxy) is 2. The zero-order chi connectivity index (χ0) is 24.8. The Balaban J connectivity index is 1.82. The van der Waals surface area contributed by atoms with Gasteiger partial charge in [-0.1, -0.05) is 44.2 Å². The van der Waals surface area contributed by atoms with Gasteiger partial charge in [-0.2, -0.15) is 5.26 Å². The highest BCUT2D eigenvalue weighted by Crippen LogP contribution is 2.25. The number of carbonyl (C=O) groups excluding carboxylic acids is 2. The first-order chi connectivity index (χ1) is 16.3. The average molecular weight is 472 g/mol. The van der Waals surface area contributed by atoms with Crippen molar-refractivity contribution in [1.29, 1.82) is 5.26 Å². The lowest BCUT2D eigenvalue weighted by molar-refractivity contribution is -0.123. The lowest BCUT2D eigenvalue weighted by atomic mass is 9.85. The molecular formula is C25H37N5O4. The number of amides is 2. The molecule has 34 heavy (non-hydrogen) atoms. The van der Waals surface area contributed by atoms with Gasteiger partial charge in [0.25, 0.3) is 0 Å². The number of benzene rings is 1. The van der Waals surface area contributed by atoms with Crippen molar-refractivity contribution >= 4 is 18.0 Å². The van der Waals surface area contributed by atoms with Gasteiger partial charge >= 0.3 is 6.09 Å². The summed E-state index contributed by atoms with van der Waals surface area (Å²) in [5, 5.41) is 15.1. The monoisotopic (exact) mass is 471 g/mol. The van der Waals surface area contributed by atoms with Crippen LogP contribution in [-0.4, -0.2) is 68.9 Å². The molecule has 0 radical (unpaired) electrons. The normalized spacial score (nSPS) is 15.2. The van der Waals surface area contributed by atoms with E-state index in [1.807, 2.05) is 49.1 Å². The van der Waals surface area contributed by atoms with E-state index in [2.05, 4.69) is 21.7 Å². The molecule has 1 aliphatic heterocycles. The fraction of sp³-hybridized carbons (Fsp3) is 0.600. The molecule has 0 saturated carbocycles. The number of nitriles is 1. The molecule has 1 unspecified atom stereocenters. The predicted molar refractivity (Wildman–Crippen MR) is 130 cm³/mol. The largest absolute Gasteiger partial charge is 0.450 e. The minimum absolute atomic E-state index is 0.0446. The molecule has 1 fully saturated rings. The van der Waals surface area contributed by atoms with Gasteiger partial charge in [-0.25, -0.2) is 4.79 Å². The van der Waals surface area contributed by atoms with Crippen LogP contribution in [0.5, 0.6) is 0 Å². The zero-order valence-corrected chi connectivity index (χ0v) is 20.5. The quantitative estimate of drug-likeness (QED) is 0.400. The van der Waals surface area contributed by atoms with E-state index in [9.17, 15) is 14.9 Å². The van der Waals surface area contributed by atoms with E-state index in [0.717, 1.165) is 5.56 Å². The van der Waals surface area contributed by atoms with Crippen LogP contribution < -0.4 is 10.6 Å². The Morgan fingerprint density at radius 2 is 1.97 bits per heavy atom. The van der Waals surface area contributed by atoms with Crippen LogP contribution >= 0.6 is 0 Å². The maximum absolute atomic E-state index is 12.5. The third-order valence-corrected chi connectivity index (χ3v) is 5.60. The molecule has 9 nitrogen and oxygen atoms in total. The fourth-order valence-corrected chi connectivity index (χ4v) is 3.65. The second kappa shape index (κ2) is 14.2. The number of hydrogen-bond acceptors (Lipinski definition) is 6. The number of nitrogens with one attached hydrogen (secondary N) is 2. The van der Waals surface area contributed by atoms with Gasteiger partial charge in [0.05, 0.1) is 31.8 Å². The van der Waals surface area contributed by atoms with Crippen molar-refractivity contribution in [3.05, 3.63) is 35.9 Å². The summed E-state index contributed by atoms with van der Waals surface area (Å²) in [5.74, 6) is 0.191. The molecule has 1 atom stereocenters. The molecular weight excluding hydrogens is 434 g/mol. The first kappa shape index (κ1) is 27.1. The Kier molecular flexibility index (Phi) is 11.3. The van der Waals surface area contributed by atoms with Crippen molar-refractivity contribution in [2.75, 3.05) is 46.0 Å². The van der Waals surface area contributed by atoms with E-state index in [4.69, 9.17) is 9.47 Å². The van der Waals surface area contributed by atoms with Crippen LogP contribution in [0.15, 0.2) is 35.3 Å². The van der Waals surface area contributed by atoms with Crippen LogP contribution in [0, 0.1) is 16.7 Å². The van der Waals surface area contributed by atoms with Crippen LogP contribution in [0.4, 0.5) is 4.79 Å². The highest BCUT2D eigenvalue weighted by Gasteiger charge is 2.23. The molecule has 9 heteroatoms. The third kappa shape index (κ3) is 9.79. The Morgan fingerprint density at radius 3 is 2.62 bits per heavy atom. The SMILES string of the molecule is CCOC(=O)NC(=NCCC(C)(C)CC(=O)NCCC(C#N)c1ccccc1)N1CCOCC1. The highest BCUT2D eigenvalue weighted by atomic mass is 16.5. The van der Waals surface area contributed by atoms with Gasteiger partial charge in [0.15, 0.2) is 0 Å². The minimum Gasteiger partial charge on any atom is -0.450 e. The van der Waals surface area contributed by atoms with E-state index >= 15 is 0 Å². The Labute approximate surface area is 202 Å². The van der Waals surface area contributed by atoms with Crippen molar-refractivity contribution < 1.29 is 19.1 Å². The van der Waals surface area contributed by atoms with Crippen LogP contribution in [0.1, 0.15) is 51.5 Å². The van der Waals surface area contributed by atoms with Crippen LogP contribution in [-0.2, 0) is 14.3 Å². The van der Waals surface area contributed by atoms with E-state index < -0.39 is 6.09 Å². The Hall–Kier alpha value is -3.12. The number of morpholine rings is 1. The molecule has 2 rings (SSSR count). The lowest BCUT2D eigenvalue weighted by Crippen LogP contribution is -2.49. The number of alkyl carbamates (subject to hydrolysis) is 1. The summed E-state index contributed by atoms with van der Waals surface area (Å²) in [4.78, 5) is 31.0. The summed E-state index contributed by atoms with van der Waals surface area (Å²) in [7, 11) is 0. The van der Waals surface area contributed by atoms with Crippen molar-refractivity contribution in [3.63, 3.8) is 0 Å². The van der Waals surface area contributed by atoms with Gasteiger partial charge in [0.2, 0.25) is 11.9 Å². The fourth-order valence-electron chi connectivity index (χ4n) is 3.65. The smallest absolute Gasteiger partial charge is 0.413 e. The van der Waals surface area contributed by atoms with E-state index in [-0.39, 0.29) is 23.8 Å². The van der Waals surface area contributed by atoms with Gasteiger partial charge < -0.3 is 19.7 Å². The number of carbonyl (C=O) groups is 2. The number of guanidine groups is 1. The van der Waals surface area contributed by atoms with Crippen molar-refractivity contribution in [1.82, 2.24) is 15.5 Å². The van der Waals surface area contributed by atoms with Gasteiger partial charge in [-0.15, -0.1) is 0 Å². The molecule has 1 heterocycles. The van der Waals surface area contributed by atoms with Crippen molar-refractivity contribution in [2.45, 2.75) is 46.0 Å². The van der Waals surface area contributed by atoms with Gasteiger partial charge in [0, 0.05) is 32.6 Å². The number of hydrogen-bond donors (Lipinski definition) is 2. The molecule has 0 bridgehead atoms. The molecule has 0 aromatic heterocycles. The van der Waals surface area contributed by atoms with Crippen LogP contribution in [0.3, 0.4) is 0 Å². The third-order valence-electron chi connectivity index (χ3n) is 5.60. The van der Waals surface area contributed by atoms with E-state index in [1.165, 1.54) is 0 Å². The summed E-state index contributed by atoms with van der Waals surface area (Å²) in [6.45, 7) is 9.43. The van der Waals surface area contributed by atoms with Crippen LogP contribution in [0.2, 0.25) is 0 Å². The average Bonchev–Trinajstić information content (AvgIpc) is 2.82. The highest BCUT2D eigenvalue weighted by molar-refractivity contribution is 5.94. The van der Waals surface area contributed by atoms with Gasteiger partial charge in [-0.05, 0) is 30.7 Å². The molecule has 186 valence electrons. The molecule has 2 N–H and O–H groups in total. The summed E-state index contributed by atoms with van der Waals surface area (Å²) >= 11 is 0. The lowest BCUT2D eigenvalue weighted by Gasteiger charge is -2.30. The molecule has 1 aromatic carbocycles. The second-order valence-corrected chi connectivity index (χ2v) is 8.97. The summed E-state index contributed by atoms with van der Waals surface area (Å²) in [5.41, 5.74) is 0.687. The standard InChI is InChI=1S/C25H37N5O4/c1-4-34-24(32)29-23(30-14-16-33-17-15-30)28-13-11-25(2,3)18-22(31)27-12-10-21(19-26)20-8-6-5-7-9-20/h5-9,21H,4,10-18H2,1-3H3,(H,27,31)(H,28,29,32). The van der Waals surface area contributed by atoms with Gasteiger partial charge in [-0.3, -0.25) is 15.1 Å². The molecule has 1 aliphatic rings. The van der Waals surface area contributed by atoms with Crippen molar-refractivity contribution in [3.8, 4) is 6.07 Å². The second-order valence-electron chi connectivity index (χ2n) is 8.97. The number of aliphatic imine (C=N–C) groups is 1. The number of rotatable bonds is 10. The molecule has 1 saturated heterocycles. The molecule has 0 spiro atoms. The van der Waals surface area contributed by atoms with Crippen molar-refractivity contribution in [2.24, 2.45) is 10.4 Å². The maximum atomic E-state index is 12.5. The molecule has 0 aliphatic carbocycles. The zero-order valence-electron chi connectivity index (χ0n) is 20.5. The predicted octanol–water partition coefficient (Wildman–Crippen LogP) is 3.04. The van der Waals surface area contributed by atoms with E-state index in [1.54, 1.807) is 6.92 Å². The first-order valence-electron chi connectivity index (χ1n) is 11.9. The van der Waals surface area contributed by atoms with Crippen LogP contribution in [0.25, 0.3) is 0 Å². The first-order valence-corrected chi connectivity index (χ1v) is 11.9. The summed E-state index contributed by atoms with van der Waals surface area (Å²) in [6.07, 6.45) is 1.06. The minimum atomic E-state index is -0.530. The Bertz CT molecular complexity index is 845. The van der Waals surface area contributed by atoms with E-state index in [0.29, 0.717) is 64.6 Å². The van der Waals surface area contributed by atoms with Gasteiger partial charge in [0.1, 0.15) is 0 Å². The number of nitrogens with zero attached hydrogens (tertiary/aromatic N) is 3. The Morgan fingerprint density at radius 1 is 1.26 bits per heavy atom.